The molecule has 0 atom stereocenters. The normalized spacial score (nSPS) is 14.3. The van der Waals surface area contributed by atoms with E-state index in [2.05, 4.69) is 42.9 Å². The standard InChI is InChI=1S/C9H25N3Si/c1-7-9(10-4,11-5)8(2,3)12-13-6/h10-12H,7,13H2,1-6H3. The Kier molecular flexibility index (Phi) is 5.13. The number of likely N-dealkylation sites (N-methyl/N-ethyl adjacent to an activating group) is 2. The zero-order valence-electron chi connectivity index (χ0n) is 9.91. The molecule has 0 aromatic rings. The molecule has 0 aliphatic carbocycles. The zero-order chi connectivity index (χ0) is 10.5. The van der Waals surface area contributed by atoms with E-state index in [0.29, 0.717) is 0 Å². The van der Waals surface area contributed by atoms with E-state index in [-0.39, 0.29) is 20.9 Å². The Balaban J connectivity index is 4.68. The third kappa shape index (κ3) is 2.53. The van der Waals surface area contributed by atoms with Crippen molar-refractivity contribution in [2.45, 2.75) is 44.9 Å². The Morgan fingerprint density at radius 3 is 1.85 bits per heavy atom. The lowest BCUT2D eigenvalue weighted by atomic mass is 9.86. The van der Waals surface area contributed by atoms with Gasteiger partial charge in [-0.3, -0.25) is 0 Å². The van der Waals surface area contributed by atoms with Gasteiger partial charge in [0.15, 0.2) is 0 Å². The van der Waals surface area contributed by atoms with E-state index in [1.165, 1.54) is 0 Å². The Bertz CT molecular complexity index is 136. The molecule has 0 saturated heterocycles. The van der Waals surface area contributed by atoms with Crippen molar-refractivity contribution in [1.29, 1.82) is 0 Å². The highest BCUT2D eigenvalue weighted by Crippen LogP contribution is 2.21. The molecular formula is C9H25N3Si. The summed E-state index contributed by atoms with van der Waals surface area (Å²) in [7, 11) is 3.90. The molecule has 0 spiro atoms. The molecule has 4 heteroatoms. The van der Waals surface area contributed by atoms with Crippen molar-refractivity contribution in [3.05, 3.63) is 0 Å². The van der Waals surface area contributed by atoms with Crippen LogP contribution in [0, 0.1) is 0 Å². The second-order valence-electron chi connectivity index (χ2n) is 3.91. The Labute approximate surface area is 85.0 Å². The predicted octanol–water partition coefficient (Wildman–Crippen LogP) is 0.0316. The molecular weight excluding hydrogens is 178 g/mol. The van der Waals surface area contributed by atoms with Crippen LogP contribution in [0.3, 0.4) is 0 Å². The third-order valence-corrected chi connectivity index (χ3v) is 4.31. The molecule has 0 aliphatic heterocycles. The van der Waals surface area contributed by atoms with Crippen molar-refractivity contribution < 1.29 is 0 Å². The lowest BCUT2D eigenvalue weighted by Gasteiger charge is -2.47. The minimum absolute atomic E-state index is 0.00396. The average Bonchev–Trinajstić information content (AvgIpc) is 2.07. The van der Waals surface area contributed by atoms with Gasteiger partial charge < -0.3 is 15.6 Å². The summed E-state index contributed by atoms with van der Waals surface area (Å²) in [5.74, 6) is 0. The van der Waals surface area contributed by atoms with Crippen LogP contribution >= 0.6 is 0 Å². The van der Waals surface area contributed by atoms with Gasteiger partial charge in [0.25, 0.3) is 0 Å². The molecule has 3 N–H and O–H groups in total. The maximum Gasteiger partial charge on any atom is 0.0892 e. The molecule has 3 nitrogen and oxygen atoms in total. The summed E-state index contributed by atoms with van der Waals surface area (Å²) in [4.78, 5) is 3.63. The summed E-state index contributed by atoms with van der Waals surface area (Å²) in [6.45, 7) is 8.97. The van der Waals surface area contributed by atoms with Crippen LogP contribution in [-0.4, -0.2) is 35.0 Å². The summed E-state index contributed by atoms with van der Waals surface area (Å²) in [6.07, 6.45) is 1.06. The molecule has 0 aliphatic rings. The maximum atomic E-state index is 3.63. The fourth-order valence-corrected chi connectivity index (χ4v) is 3.32. The molecule has 0 rings (SSSR count). The molecule has 0 amide bonds. The van der Waals surface area contributed by atoms with Gasteiger partial charge in [-0.2, -0.15) is 0 Å². The molecule has 0 saturated carbocycles. The molecule has 0 aromatic carbocycles. The van der Waals surface area contributed by atoms with Crippen LogP contribution in [0.4, 0.5) is 0 Å². The van der Waals surface area contributed by atoms with E-state index in [4.69, 9.17) is 0 Å². The van der Waals surface area contributed by atoms with Crippen molar-refractivity contribution in [1.82, 2.24) is 15.6 Å². The van der Waals surface area contributed by atoms with Crippen molar-refractivity contribution in [2.24, 2.45) is 0 Å². The summed E-state index contributed by atoms with van der Waals surface area (Å²) in [5.41, 5.74) is 0.0994. The molecule has 0 heterocycles. The fourth-order valence-electron chi connectivity index (χ4n) is 2.14. The highest BCUT2D eigenvalue weighted by molar-refractivity contribution is 6.30. The first kappa shape index (κ1) is 13.1. The van der Waals surface area contributed by atoms with Crippen LogP contribution < -0.4 is 15.6 Å². The third-order valence-electron chi connectivity index (χ3n) is 3.07. The van der Waals surface area contributed by atoms with Gasteiger partial charge in [-0.1, -0.05) is 13.5 Å². The van der Waals surface area contributed by atoms with Crippen LogP contribution in [0.5, 0.6) is 0 Å². The van der Waals surface area contributed by atoms with Crippen LogP contribution in [0.1, 0.15) is 27.2 Å². The van der Waals surface area contributed by atoms with Gasteiger partial charge in [-0.25, -0.2) is 0 Å². The van der Waals surface area contributed by atoms with Crippen molar-refractivity contribution in [3.8, 4) is 0 Å². The quantitative estimate of drug-likeness (QED) is 0.421. The Hall–Kier alpha value is 0.0969. The first-order valence-electron chi connectivity index (χ1n) is 5.12. The monoisotopic (exact) mass is 203 g/mol. The van der Waals surface area contributed by atoms with E-state index in [0.717, 1.165) is 6.42 Å². The SMILES string of the molecule is CCC(NC)(NC)C(C)(C)N[SiH2]C. The highest BCUT2D eigenvalue weighted by Gasteiger charge is 2.40. The number of nitrogens with one attached hydrogen (secondary N) is 3. The first-order valence-corrected chi connectivity index (χ1v) is 7.24. The second-order valence-corrected chi connectivity index (χ2v) is 4.97. The van der Waals surface area contributed by atoms with Gasteiger partial charge in [0.2, 0.25) is 0 Å². The Morgan fingerprint density at radius 2 is 1.62 bits per heavy atom. The summed E-state index contributed by atoms with van der Waals surface area (Å²) >= 11 is 0. The summed E-state index contributed by atoms with van der Waals surface area (Å²) in [6, 6.07) is 0. The van der Waals surface area contributed by atoms with Crippen LogP contribution in [0.25, 0.3) is 0 Å². The summed E-state index contributed by atoms with van der Waals surface area (Å²) < 4.78 is 0. The highest BCUT2D eigenvalue weighted by atomic mass is 28.2. The van der Waals surface area contributed by atoms with Gasteiger partial charge in [-0.15, -0.1) is 0 Å². The van der Waals surface area contributed by atoms with E-state index < -0.39 is 0 Å². The lowest BCUT2D eigenvalue weighted by molar-refractivity contribution is 0.151. The predicted molar refractivity (Wildman–Crippen MR) is 62.8 cm³/mol. The van der Waals surface area contributed by atoms with E-state index >= 15 is 0 Å². The average molecular weight is 203 g/mol. The van der Waals surface area contributed by atoms with E-state index in [1.54, 1.807) is 0 Å². The molecule has 80 valence electrons. The van der Waals surface area contributed by atoms with Gasteiger partial charge in [0.05, 0.1) is 15.3 Å². The Morgan fingerprint density at radius 1 is 1.15 bits per heavy atom. The molecule has 0 fully saturated rings. The van der Waals surface area contributed by atoms with Crippen molar-refractivity contribution >= 4 is 9.68 Å². The molecule has 0 bridgehead atoms. The smallest absolute Gasteiger partial charge is 0.0892 e. The van der Waals surface area contributed by atoms with Gasteiger partial charge in [-0.05, 0) is 34.4 Å². The lowest BCUT2D eigenvalue weighted by Crippen LogP contribution is -2.72. The topological polar surface area (TPSA) is 36.1 Å². The minimum Gasteiger partial charge on any atom is -0.335 e. The largest absolute Gasteiger partial charge is 0.335 e. The van der Waals surface area contributed by atoms with Gasteiger partial charge >= 0.3 is 0 Å². The van der Waals surface area contributed by atoms with Crippen LogP contribution in [0.2, 0.25) is 6.55 Å². The van der Waals surface area contributed by atoms with Crippen LogP contribution in [0.15, 0.2) is 0 Å². The zero-order valence-corrected chi connectivity index (χ0v) is 11.3. The van der Waals surface area contributed by atoms with E-state index in [9.17, 15) is 0 Å². The molecule has 0 aromatic heterocycles. The van der Waals surface area contributed by atoms with E-state index in [1.807, 2.05) is 14.1 Å². The number of hydrogen-bond donors (Lipinski definition) is 3. The van der Waals surface area contributed by atoms with Gasteiger partial charge in [0, 0.05) is 5.54 Å². The number of hydrogen-bond acceptors (Lipinski definition) is 3. The van der Waals surface area contributed by atoms with Crippen molar-refractivity contribution in [3.63, 3.8) is 0 Å². The summed E-state index contributed by atoms with van der Waals surface area (Å²) in [5, 5.41) is 6.78. The maximum absolute atomic E-state index is 3.63. The molecule has 0 radical (unpaired) electrons. The number of rotatable bonds is 6. The fraction of sp³-hybridized carbons (Fsp3) is 1.00. The van der Waals surface area contributed by atoms with Crippen LogP contribution in [-0.2, 0) is 0 Å². The second kappa shape index (κ2) is 5.10. The molecule has 13 heavy (non-hydrogen) atoms. The molecule has 0 unspecified atom stereocenters. The van der Waals surface area contributed by atoms with Gasteiger partial charge in [0.1, 0.15) is 0 Å². The first-order chi connectivity index (χ1) is 5.99. The van der Waals surface area contributed by atoms with Crippen molar-refractivity contribution in [2.75, 3.05) is 14.1 Å². The minimum atomic E-state index is -0.128.